The highest BCUT2D eigenvalue weighted by atomic mass is 19.1. The normalized spacial score (nSPS) is 24.7. The van der Waals surface area contributed by atoms with E-state index in [0.717, 1.165) is 18.4 Å². The van der Waals surface area contributed by atoms with Crippen LogP contribution in [0, 0.1) is 0 Å². The van der Waals surface area contributed by atoms with Crippen LogP contribution in [0.4, 0.5) is 4.39 Å². The van der Waals surface area contributed by atoms with Gasteiger partial charge in [-0.2, -0.15) is 0 Å². The Morgan fingerprint density at radius 3 is 2.87 bits per heavy atom. The zero-order valence-electron chi connectivity index (χ0n) is 9.14. The summed E-state index contributed by atoms with van der Waals surface area (Å²) in [5.74, 6) is 0.0320. The molecule has 0 fully saturated rings. The lowest BCUT2D eigenvalue weighted by Gasteiger charge is -2.29. The average molecular weight is 206 g/mol. The molecule has 0 bridgehead atoms. The summed E-state index contributed by atoms with van der Waals surface area (Å²) in [5, 5.41) is 0. The second-order valence-electron chi connectivity index (χ2n) is 4.44. The lowest BCUT2D eigenvalue weighted by atomic mass is 9.79. The standard InChI is InChI=1S/C13H15FO/c1-9(15)10-5-3-7-12-11(10)6-4-8-13(12,2)14/h3,5,7H,4,6,8H2,1-2H3. The molecule has 2 heteroatoms. The molecular weight excluding hydrogens is 191 g/mol. The highest BCUT2D eigenvalue weighted by molar-refractivity contribution is 5.96. The maximum absolute atomic E-state index is 14.2. The van der Waals surface area contributed by atoms with Gasteiger partial charge in [0.1, 0.15) is 5.67 Å². The second-order valence-corrected chi connectivity index (χ2v) is 4.44. The fourth-order valence-electron chi connectivity index (χ4n) is 2.41. The van der Waals surface area contributed by atoms with E-state index in [1.165, 1.54) is 0 Å². The third kappa shape index (κ3) is 1.69. The topological polar surface area (TPSA) is 17.1 Å². The molecule has 0 amide bonds. The molecular formula is C13H15FO. The number of halogens is 1. The molecule has 0 N–H and O–H groups in total. The van der Waals surface area contributed by atoms with Gasteiger partial charge >= 0.3 is 0 Å². The molecule has 1 unspecified atom stereocenters. The molecule has 0 heterocycles. The van der Waals surface area contributed by atoms with Crippen molar-refractivity contribution in [2.75, 3.05) is 0 Å². The number of carbonyl (C=O) groups excluding carboxylic acids is 1. The number of alkyl halides is 1. The molecule has 1 nitrogen and oxygen atoms in total. The van der Waals surface area contributed by atoms with Crippen molar-refractivity contribution in [2.45, 2.75) is 38.8 Å². The van der Waals surface area contributed by atoms with Crippen LogP contribution in [0.25, 0.3) is 0 Å². The number of rotatable bonds is 1. The van der Waals surface area contributed by atoms with Gasteiger partial charge in [-0.05, 0) is 44.2 Å². The Balaban J connectivity index is 2.61. The van der Waals surface area contributed by atoms with Gasteiger partial charge in [-0.1, -0.05) is 18.2 Å². The largest absolute Gasteiger partial charge is 0.295 e. The maximum atomic E-state index is 14.2. The van der Waals surface area contributed by atoms with Crippen molar-refractivity contribution in [1.82, 2.24) is 0 Å². The van der Waals surface area contributed by atoms with E-state index in [1.54, 1.807) is 32.0 Å². The summed E-state index contributed by atoms with van der Waals surface area (Å²) in [6, 6.07) is 5.38. The monoisotopic (exact) mass is 206 g/mol. The average Bonchev–Trinajstić information content (AvgIpc) is 2.16. The number of fused-ring (bicyclic) bond motifs is 1. The Kier molecular flexibility index (Phi) is 2.37. The van der Waals surface area contributed by atoms with E-state index < -0.39 is 5.67 Å². The van der Waals surface area contributed by atoms with E-state index in [4.69, 9.17) is 0 Å². The van der Waals surface area contributed by atoms with Crippen molar-refractivity contribution in [3.05, 3.63) is 34.9 Å². The first-order valence-electron chi connectivity index (χ1n) is 5.34. The number of hydrogen-bond acceptors (Lipinski definition) is 1. The highest BCUT2D eigenvalue weighted by Gasteiger charge is 2.32. The lowest BCUT2D eigenvalue weighted by Crippen LogP contribution is -2.23. The molecule has 0 saturated carbocycles. The lowest BCUT2D eigenvalue weighted by molar-refractivity contribution is 0.101. The fraction of sp³-hybridized carbons (Fsp3) is 0.462. The molecule has 1 atom stereocenters. The Morgan fingerprint density at radius 1 is 1.47 bits per heavy atom. The highest BCUT2D eigenvalue weighted by Crippen LogP contribution is 2.39. The van der Waals surface area contributed by atoms with E-state index in [2.05, 4.69) is 0 Å². The molecule has 1 aliphatic rings. The second kappa shape index (κ2) is 3.44. The van der Waals surface area contributed by atoms with Crippen molar-refractivity contribution in [1.29, 1.82) is 0 Å². The Labute approximate surface area is 89.3 Å². The van der Waals surface area contributed by atoms with Crippen molar-refractivity contribution in [2.24, 2.45) is 0 Å². The summed E-state index contributed by atoms with van der Waals surface area (Å²) in [7, 11) is 0. The molecule has 0 aromatic heterocycles. The van der Waals surface area contributed by atoms with Crippen LogP contribution >= 0.6 is 0 Å². The van der Waals surface area contributed by atoms with Crippen molar-refractivity contribution < 1.29 is 9.18 Å². The van der Waals surface area contributed by atoms with Gasteiger partial charge in [0.05, 0.1) is 0 Å². The molecule has 1 aliphatic carbocycles. The van der Waals surface area contributed by atoms with Crippen LogP contribution in [0.2, 0.25) is 0 Å². The zero-order valence-corrected chi connectivity index (χ0v) is 9.14. The predicted octanol–water partition coefficient (Wildman–Crippen LogP) is 3.41. The van der Waals surface area contributed by atoms with Crippen molar-refractivity contribution >= 4 is 5.78 Å². The molecule has 1 aromatic rings. The van der Waals surface area contributed by atoms with Gasteiger partial charge in [0.2, 0.25) is 0 Å². The summed E-state index contributed by atoms with van der Waals surface area (Å²) in [5.41, 5.74) is 1.05. The van der Waals surface area contributed by atoms with Gasteiger partial charge in [-0.3, -0.25) is 4.79 Å². The Morgan fingerprint density at radius 2 is 2.20 bits per heavy atom. The number of carbonyl (C=O) groups is 1. The Bertz CT molecular complexity index is 407. The summed E-state index contributed by atoms with van der Waals surface area (Å²) in [4.78, 5) is 11.4. The van der Waals surface area contributed by atoms with E-state index >= 15 is 0 Å². The molecule has 0 saturated heterocycles. The summed E-state index contributed by atoms with van der Waals surface area (Å²) < 4.78 is 14.2. The van der Waals surface area contributed by atoms with Crippen molar-refractivity contribution in [3.63, 3.8) is 0 Å². The molecule has 0 spiro atoms. The van der Waals surface area contributed by atoms with E-state index in [0.29, 0.717) is 17.5 Å². The first kappa shape index (κ1) is 10.3. The zero-order chi connectivity index (χ0) is 11.1. The number of benzene rings is 1. The minimum Gasteiger partial charge on any atom is -0.295 e. The molecule has 1 aromatic carbocycles. The van der Waals surface area contributed by atoms with Crippen LogP contribution < -0.4 is 0 Å². The third-order valence-corrected chi connectivity index (χ3v) is 3.19. The van der Waals surface area contributed by atoms with Gasteiger partial charge in [-0.15, -0.1) is 0 Å². The quantitative estimate of drug-likeness (QED) is 0.643. The number of hydrogen-bond donors (Lipinski definition) is 0. The Hall–Kier alpha value is -1.18. The maximum Gasteiger partial charge on any atom is 0.160 e. The molecule has 15 heavy (non-hydrogen) atoms. The van der Waals surface area contributed by atoms with Gasteiger partial charge < -0.3 is 0 Å². The summed E-state index contributed by atoms with van der Waals surface area (Å²) >= 11 is 0. The van der Waals surface area contributed by atoms with Crippen LogP contribution in [0.3, 0.4) is 0 Å². The van der Waals surface area contributed by atoms with Gasteiger partial charge in [-0.25, -0.2) is 4.39 Å². The SMILES string of the molecule is CC(=O)c1cccc2c1CCCC2(C)F. The van der Waals surface area contributed by atoms with Crippen LogP contribution in [0.5, 0.6) is 0 Å². The van der Waals surface area contributed by atoms with Crippen molar-refractivity contribution in [3.8, 4) is 0 Å². The van der Waals surface area contributed by atoms with Gasteiger partial charge in [0.25, 0.3) is 0 Å². The van der Waals surface area contributed by atoms with Crippen LogP contribution in [-0.2, 0) is 12.1 Å². The summed E-state index contributed by atoms with van der Waals surface area (Å²) in [6.45, 7) is 3.15. The van der Waals surface area contributed by atoms with E-state index in [1.807, 2.05) is 0 Å². The molecule has 0 aliphatic heterocycles. The first-order valence-corrected chi connectivity index (χ1v) is 5.34. The first-order chi connectivity index (χ1) is 7.02. The predicted molar refractivity (Wildman–Crippen MR) is 57.8 cm³/mol. The van der Waals surface area contributed by atoms with E-state index in [9.17, 15) is 9.18 Å². The molecule has 0 radical (unpaired) electrons. The van der Waals surface area contributed by atoms with Crippen LogP contribution in [-0.4, -0.2) is 5.78 Å². The summed E-state index contributed by atoms with van der Waals surface area (Å²) in [6.07, 6.45) is 2.20. The number of Topliss-reactive ketones (excluding diaryl/α,β-unsaturated/α-hetero) is 1. The van der Waals surface area contributed by atoms with Crippen LogP contribution in [0.15, 0.2) is 18.2 Å². The fourth-order valence-corrected chi connectivity index (χ4v) is 2.41. The third-order valence-electron chi connectivity index (χ3n) is 3.19. The number of ketones is 1. The minimum atomic E-state index is -1.26. The molecule has 80 valence electrons. The van der Waals surface area contributed by atoms with Gasteiger partial charge in [0, 0.05) is 5.56 Å². The van der Waals surface area contributed by atoms with E-state index in [-0.39, 0.29) is 5.78 Å². The molecule has 2 rings (SSSR count). The smallest absolute Gasteiger partial charge is 0.160 e. The van der Waals surface area contributed by atoms with Gasteiger partial charge in [0.15, 0.2) is 5.78 Å². The van der Waals surface area contributed by atoms with Crippen LogP contribution in [0.1, 0.15) is 48.2 Å². The minimum absolute atomic E-state index is 0.0320.